The number of rotatable bonds is 5. The van der Waals surface area contributed by atoms with Gasteiger partial charge in [-0.3, -0.25) is 14.9 Å². The number of benzene rings is 2. The summed E-state index contributed by atoms with van der Waals surface area (Å²) in [6.07, 6.45) is 1.48. The molecule has 3 aromatic rings. The average Bonchev–Trinajstić information content (AvgIpc) is 2.87. The van der Waals surface area contributed by atoms with Gasteiger partial charge >= 0.3 is 0 Å². The molecular weight excluding hydrogens is 368 g/mol. The number of anilines is 1. The van der Waals surface area contributed by atoms with E-state index in [2.05, 4.69) is 10.5 Å². The first kappa shape index (κ1) is 18.5. The second-order valence-corrected chi connectivity index (χ2v) is 6.25. The van der Waals surface area contributed by atoms with E-state index in [4.69, 9.17) is 11.6 Å². The van der Waals surface area contributed by atoms with Gasteiger partial charge in [0.05, 0.1) is 34.3 Å². The van der Waals surface area contributed by atoms with Crippen LogP contribution in [0.3, 0.4) is 0 Å². The van der Waals surface area contributed by atoms with Gasteiger partial charge in [0.2, 0.25) is 0 Å². The molecule has 0 saturated carbocycles. The number of aromatic carboxylic acids is 1. The van der Waals surface area contributed by atoms with Crippen LogP contribution < -0.4 is 16.1 Å². The van der Waals surface area contributed by atoms with Crippen LogP contribution in [0.15, 0.2) is 58.4 Å². The number of carbonyl (C=O) groups excluding carboxylic acids is 1. The number of hydrogen-bond acceptors (Lipinski definition) is 5. The molecule has 0 atom stereocenters. The Kier molecular flexibility index (Phi) is 5.14. The molecule has 7 nitrogen and oxygen atoms in total. The normalized spacial score (nSPS) is 11.1. The third-order valence-corrected chi connectivity index (χ3v) is 4.45. The average molecular weight is 384 g/mol. The number of nitrogens with one attached hydrogen (secondary N) is 1. The van der Waals surface area contributed by atoms with Gasteiger partial charge in [0.1, 0.15) is 0 Å². The van der Waals surface area contributed by atoms with E-state index in [1.807, 2.05) is 30.3 Å². The van der Waals surface area contributed by atoms with Crippen LogP contribution in [-0.4, -0.2) is 21.5 Å². The molecule has 0 amide bonds. The third kappa shape index (κ3) is 3.63. The molecule has 0 saturated heterocycles. The third-order valence-electron chi connectivity index (χ3n) is 4.12. The number of aromatic nitrogens is 2. The minimum Gasteiger partial charge on any atom is -0.545 e. The van der Waals surface area contributed by atoms with E-state index in [1.165, 1.54) is 24.4 Å². The Hall–Kier alpha value is -3.32. The number of para-hydroxylation sites is 1. The lowest BCUT2D eigenvalue weighted by Crippen LogP contribution is -2.22. The predicted octanol–water partition coefficient (Wildman–Crippen LogP) is 1.95. The molecule has 27 heavy (non-hydrogen) atoms. The fraction of sp³-hybridized carbons (Fsp3) is 0.105. The van der Waals surface area contributed by atoms with Gasteiger partial charge < -0.3 is 9.90 Å². The highest BCUT2D eigenvalue weighted by Crippen LogP contribution is 2.22. The Bertz CT molecular complexity index is 1080. The van der Waals surface area contributed by atoms with Crippen molar-refractivity contribution in [2.24, 2.45) is 12.1 Å². The SMILES string of the molecule is Cc1c(/C=N\Nc2cc(C(=O)[O-])ccc2Cl)n(C)n(-c2ccccc2)c1=O. The van der Waals surface area contributed by atoms with Gasteiger partial charge in [0, 0.05) is 12.6 Å². The fourth-order valence-electron chi connectivity index (χ4n) is 2.70. The van der Waals surface area contributed by atoms with Gasteiger partial charge in [0.15, 0.2) is 0 Å². The second kappa shape index (κ2) is 7.51. The Labute approximate surface area is 160 Å². The summed E-state index contributed by atoms with van der Waals surface area (Å²) >= 11 is 6.05. The lowest BCUT2D eigenvalue weighted by molar-refractivity contribution is -0.255. The quantitative estimate of drug-likeness (QED) is 0.538. The van der Waals surface area contributed by atoms with Crippen LogP contribution in [0.25, 0.3) is 5.69 Å². The van der Waals surface area contributed by atoms with Crippen molar-refractivity contribution in [3.8, 4) is 5.69 Å². The van der Waals surface area contributed by atoms with Crippen molar-refractivity contribution in [1.82, 2.24) is 9.36 Å². The largest absolute Gasteiger partial charge is 0.545 e. The predicted molar refractivity (Wildman–Crippen MR) is 103 cm³/mol. The Morgan fingerprint density at radius 3 is 2.59 bits per heavy atom. The Balaban J connectivity index is 1.92. The highest BCUT2D eigenvalue weighted by atomic mass is 35.5. The molecule has 0 radical (unpaired) electrons. The van der Waals surface area contributed by atoms with Crippen LogP contribution in [0.2, 0.25) is 5.02 Å². The van der Waals surface area contributed by atoms with Crippen LogP contribution in [-0.2, 0) is 7.05 Å². The lowest BCUT2D eigenvalue weighted by atomic mass is 10.2. The maximum atomic E-state index is 12.6. The number of carbonyl (C=O) groups is 1. The summed E-state index contributed by atoms with van der Waals surface area (Å²) in [6, 6.07) is 13.4. The topological polar surface area (TPSA) is 91.4 Å². The maximum absolute atomic E-state index is 12.6. The van der Waals surface area contributed by atoms with Crippen LogP contribution in [0.5, 0.6) is 0 Å². The van der Waals surface area contributed by atoms with Crippen molar-refractivity contribution in [1.29, 1.82) is 0 Å². The van der Waals surface area contributed by atoms with Gasteiger partial charge in [-0.2, -0.15) is 5.10 Å². The lowest BCUT2D eigenvalue weighted by Gasteiger charge is -2.09. The molecule has 2 aromatic carbocycles. The summed E-state index contributed by atoms with van der Waals surface area (Å²) in [4.78, 5) is 23.5. The molecule has 0 unspecified atom stereocenters. The molecule has 0 bridgehead atoms. The smallest absolute Gasteiger partial charge is 0.274 e. The summed E-state index contributed by atoms with van der Waals surface area (Å²) in [7, 11) is 1.76. The number of carboxylic acids is 1. The number of nitrogens with zero attached hydrogens (tertiary/aromatic N) is 3. The van der Waals surface area contributed by atoms with E-state index in [1.54, 1.807) is 23.3 Å². The van der Waals surface area contributed by atoms with Gasteiger partial charge in [-0.05, 0) is 36.8 Å². The van der Waals surface area contributed by atoms with Gasteiger partial charge in [-0.1, -0.05) is 35.9 Å². The summed E-state index contributed by atoms with van der Waals surface area (Å²) in [6.45, 7) is 1.72. The molecular formula is C19H16ClN4O3-. The molecule has 0 aliphatic rings. The molecule has 0 aliphatic carbocycles. The van der Waals surface area contributed by atoms with Gasteiger partial charge in [0.25, 0.3) is 5.56 Å². The first-order chi connectivity index (χ1) is 12.9. The second-order valence-electron chi connectivity index (χ2n) is 5.84. The molecule has 0 spiro atoms. The van der Waals surface area contributed by atoms with E-state index in [-0.39, 0.29) is 11.1 Å². The zero-order valence-corrected chi connectivity index (χ0v) is 15.4. The van der Waals surface area contributed by atoms with E-state index < -0.39 is 5.97 Å². The first-order valence-electron chi connectivity index (χ1n) is 8.04. The monoisotopic (exact) mass is 383 g/mol. The number of halogens is 1. The fourth-order valence-corrected chi connectivity index (χ4v) is 2.86. The molecule has 1 N–H and O–H groups in total. The van der Waals surface area contributed by atoms with Crippen LogP contribution in [0.4, 0.5) is 5.69 Å². The van der Waals surface area contributed by atoms with Crippen LogP contribution >= 0.6 is 11.6 Å². The van der Waals surface area contributed by atoms with Crippen molar-refractivity contribution in [3.05, 3.63) is 80.7 Å². The molecule has 1 aromatic heterocycles. The van der Waals surface area contributed by atoms with E-state index >= 15 is 0 Å². The summed E-state index contributed by atoms with van der Waals surface area (Å²) in [5, 5.41) is 15.4. The van der Waals surface area contributed by atoms with Gasteiger partial charge in [-0.15, -0.1) is 0 Å². The standard InChI is InChI=1S/C19H17ClN4O3/c1-12-17(23(2)24(18(12)25)14-6-4-3-5-7-14)11-21-22-16-10-13(19(26)27)8-9-15(16)20/h3-11,22H,1-2H3,(H,26,27)/p-1/b21-11-. The molecule has 0 fully saturated rings. The zero-order valence-electron chi connectivity index (χ0n) is 14.6. The number of hydrazone groups is 1. The highest BCUT2D eigenvalue weighted by molar-refractivity contribution is 6.33. The number of hydrogen-bond donors (Lipinski definition) is 1. The maximum Gasteiger partial charge on any atom is 0.274 e. The van der Waals surface area contributed by atoms with Crippen LogP contribution in [0, 0.1) is 6.92 Å². The first-order valence-corrected chi connectivity index (χ1v) is 8.42. The Morgan fingerprint density at radius 2 is 1.93 bits per heavy atom. The van der Waals surface area contributed by atoms with Crippen molar-refractivity contribution in [3.63, 3.8) is 0 Å². The summed E-state index contributed by atoms with van der Waals surface area (Å²) in [5.74, 6) is -1.31. The Morgan fingerprint density at radius 1 is 1.22 bits per heavy atom. The van der Waals surface area contributed by atoms with Crippen molar-refractivity contribution in [2.75, 3.05) is 5.43 Å². The van der Waals surface area contributed by atoms with Gasteiger partial charge in [-0.25, -0.2) is 4.68 Å². The summed E-state index contributed by atoms with van der Waals surface area (Å²) in [5.41, 5.74) is 4.72. The zero-order chi connectivity index (χ0) is 19.6. The molecule has 8 heteroatoms. The molecule has 3 rings (SSSR count). The molecule has 0 aliphatic heterocycles. The van der Waals surface area contributed by atoms with E-state index in [0.29, 0.717) is 22.0 Å². The molecule has 138 valence electrons. The number of carboxylic acid groups (broad SMARTS) is 1. The molecule has 1 heterocycles. The van der Waals surface area contributed by atoms with Crippen molar-refractivity contribution in [2.45, 2.75) is 6.92 Å². The van der Waals surface area contributed by atoms with E-state index in [9.17, 15) is 14.7 Å². The summed E-state index contributed by atoms with van der Waals surface area (Å²) < 4.78 is 3.23. The van der Waals surface area contributed by atoms with Crippen molar-refractivity contribution < 1.29 is 9.90 Å². The minimum atomic E-state index is -1.31. The highest BCUT2D eigenvalue weighted by Gasteiger charge is 2.14. The van der Waals surface area contributed by atoms with Crippen LogP contribution in [0.1, 0.15) is 21.6 Å². The van der Waals surface area contributed by atoms with Crippen molar-refractivity contribution >= 4 is 29.5 Å². The minimum absolute atomic E-state index is 0.0177. The van der Waals surface area contributed by atoms with E-state index in [0.717, 1.165) is 5.69 Å².